The molecule has 0 fully saturated rings. The molecule has 1 rings (SSSR count). The van der Waals surface area contributed by atoms with Crippen molar-refractivity contribution >= 4 is 12.0 Å². The quantitative estimate of drug-likeness (QED) is 0.605. The largest absolute Gasteiger partial charge is 0.463 e. The summed E-state index contributed by atoms with van der Waals surface area (Å²) < 4.78 is 40.9. The van der Waals surface area contributed by atoms with Crippen LogP contribution in [0.1, 0.15) is 18.3 Å². The predicted molar refractivity (Wildman–Crippen MR) is 52.7 cm³/mol. The van der Waals surface area contributed by atoms with E-state index in [1.54, 1.807) is 6.92 Å². The van der Waals surface area contributed by atoms with Crippen LogP contribution in [0.25, 0.3) is 6.08 Å². The number of esters is 1. The number of rotatable bonds is 3. The summed E-state index contributed by atoms with van der Waals surface area (Å²) in [5.41, 5.74) is 0.283. The van der Waals surface area contributed by atoms with Gasteiger partial charge in [0.05, 0.1) is 6.61 Å². The Bertz CT molecular complexity index is 413. The van der Waals surface area contributed by atoms with Crippen molar-refractivity contribution in [3.8, 4) is 0 Å². The van der Waals surface area contributed by atoms with Crippen LogP contribution in [0, 0.1) is 0 Å². The molecule has 7 heteroatoms. The summed E-state index contributed by atoms with van der Waals surface area (Å²) in [5, 5.41) is 0. The number of carbonyl (C=O) groups is 1. The maximum absolute atomic E-state index is 12.1. The Kier molecular flexibility index (Phi) is 4.19. The van der Waals surface area contributed by atoms with E-state index < -0.39 is 18.0 Å². The average Bonchev–Trinajstić information content (AvgIpc) is 2.26. The summed E-state index contributed by atoms with van der Waals surface area (Å²) in [6.07, 6.45) is -0.242. The lowest BCUT2D eigenvalue weighted by molar-refractivity contribution is -0.145. The van der Waals surface area contributed by atoms with Crippen LogP contribution in [0.2, 0.25) is 0 Å². The summed E-state index contributed by atoms with van der Waals surface area (Å²) in [7, 11) is 0. The molecule has 0 unspecified atom stereocenters. The number of hydrogen-bond acceptors (Lipinski definition) is 4. The molecule has 1 aromatic heterocycles. The molecule has 0 aliphatic rings. The number of ether oxygens (including phenoxy) is 1. The number of halogens is 3. The van der Waals surface area contributed by atoms with Crippen molar-refractivity contribution in [1.29, 1.82) is 0 Å². The van der Waals surface area contributed by atoms with Crippen molar-refractivity contribution in [2.75, 3.05) is 6.61 Å². The molecule has 0 aliphatic heterocycles. The lowest BCUT2D eigenvalue weighted by atomic mass is 10.3. The van der Waals surface area contributed by atoms with E-state index in [4.69, 9.17) is 0 Å². The van der Waals surface area contributed by atoms with E-state index in [0.29, 0.717) is 0 Å². The van der Waals surface area contributed by atoms with Gasteiger partial charge in [0.15, 0.2) is 0 Å². The van der Waals surface area contributed by atoms with Crippen molar-refractivity contribution in [1.82, 2.24) is 9.97 Å². The molecular weight excluding hydrogens is 237 g/mol. The monoisotopic (exact) mass is 246 g/mol. The smallest absolute Gasteiger partial charge is 0.451 e. The van der Waals surface area contributed by atoms with Crippen molar-refractivity contribution in [2.45, 2.75) is 13.1 Å². The Hall–Kier alpha value is -1.92. The summed E-state index contributed by atoms with van der Waals surface area (Å²) in [4.78, 5) is 17.2. The van der Waals surface area contributed by atoms with Gasteiger partial charge in [-0.25, -0.2) is 14.8 Å². The van der Waals surface area contributed by atoms with Gasteiger partial charge in [0.25, 0.3) is 0 Å². The van der Waals surface area contributed by atoms with Crippen LogP contribution in [-0.2, 0) is 15.7 Å². The van der Waals surface area contributed by atoms with Gasteiger partial charge < -0.3 is 4.74 Å². The van der Waals surface area contributed by atoms with Crippen molar-refractivity contribution in [3.05, 3.63) is 29.9 Å². The van der Waals surface area contributed by atoms with Gasteiger partial charge in [0.1, 0.15) is 0 Å². The van der Waals surface area contributed by atoms with E-state index in [1.165, 1.54) is 6.08 Å². The second kappa shape index (κ2) is 5.42. The van der Waals surface area contributed by atoms with Crippen molar-refractivity contribution in [3.63, 3.8) is 0 Å². The maximum Gasteiger partial charge on any atom is 0.451 e. The van der Waals surface area contributed by atoms with Gasteiger partial charge in [-0.15, -0.1) is 0 Å². The van der Waals surface area contributed by atoms with Gasteiger partial charge in [0.2, 0.25) is 5.82 Å². The fourth-order valence-electron chi connectivity index (χ4n) is 0.925. The maximum atomic E-state index is 12.1. The third-order valence-electron chi connectivity index (χ3n) is 1.62. The fourth-order valence-corrected chi connectivity index (χ4v) is 0.925. The molecule has 1 aromatic rings. The SMILES string of the molecule is CCOC(=O)C=Cc1cnc(C(F)(F)F)nc1. The molecule has 0 bridgehead atoms. The highest BCUT2D eigenvalue weighted by Gasteiger charge is 2.34. The molecule has 0 atom stereocenters. The second-order valence-corrected chi connectivity index (χ2v) is 2.92. The van der Waals surface area contributed by atoms with E-state index in [0.717, 1.165) is 18.5 Å². The molecule has 0 aliphatic carbocycles. The molecule has 1 heterocycles. The predicted octanol–water partition coefficient (Wildman–Crippen LogP) is 2.07. The van der Waals surface area contributed by atoms with E-state index in [2.05, 4.69) is 14.7 Å². The highest BCUT2D eigenvalue weighted by Crippen LogP contribution is 2.25. The third kappa shape index (κ3) is 4.21. The molecule has 92 valence electrons. The van der Waals surface area contributed by atoms with Gasteiger partial charge in [-0.1, -0.05) is 0 Å². The van der Waals surface area contributed by atoms with Crippen LogP contribution in [0.4, 0.5) is 13.2 Å². The van der Waals surface area contributed by atoms with Gasteiger partial charge in [-0.3, -0.25) is 0 Å². The van der Waals surface area contributed by atoms with E-state index >= 15 is 0 Å². The number of alkyl halides is 3. The summed E-state index contributed by atoms with van der Waals surface area (Å²) in [6, 6.07) is 0. The van der Waals surface area contributed by atoms with Gasteiger partial charge in [-0.2, -0.15) is 13.2 Å². The molecular formula is C10H9F3N2O2. The molecule has 0 saturated heterocycles. The Balaban J connectivity index is 2.72. The first-order chi connectivity index (χ1) is 7.93. The number of nitrogens with zero attached hydrogens (tertiary/aromatic N) is 2. The molecule has 0 N–H and O–H groups in total. The molecule has 17 heavy (non-hydrogen) atoms. The lowest BCUT2D eigenvalue weighted by Gasteiger charge is -2.03. The Morgan fingerprint density at radius 1 is 1.41 bits per heavy atom. The molecule has 4 nitrogen and oxygen atoms in total. The topological polar surface area (TPSA) is 52.1 Å². The lowest BCUT2D eigenvalue weighted by Crippen LogP contribution is -2.10. The summed E-state index contributed by atoms with van der Waals surface area (Å²) in [5.74, 6) is -1.79. The average molecular weight is 246 g/mol. The van der Waals surface area contributed by atoms with E-state index in [9.17, 15) is 18.0 Å². The Labute approximate surface area is 95.1 Å². The van der Waals surface area contributed by atoms with Crippen LogP contribution in [-0.4, -0.2) is 22.5 Å². The van der Waals surface area contributed by atoms with Crippen molar-refractivity contribution < 1.29 is 22.7 Å². The van der Waals surface area contributed by atoms with Crippen LogP contribution < -0.4 is 0 Å². The minimum atomic E-state index is -4.57. The first-order valence-electron chi connectivity index (χ1n) is 4.67. The zero-order valence-corrected chi connectivity index (χ0v) is 8.86. The van der Waals surface area contributed by atoms with E-state index in [1.807, 2.05) is 0 Å². The number of aromatic nitrogens is 2. The normalized spacial score (nSPS) is 11.8. The molecule has 0 saturated carbocycles. The highest BCUT2D eigenvalue weighted by molar-refractivity contribution is 5.86. The summed E-state index contributed by atoms with van der Waals surface area (Å²) >= 11 is 0. The zero-order valence-electron chi connectivity index (χ0n) is 8.86. The van der Waals surface area contributed by atoms with Crippen LogP contribution >= 0.6 is 0 Å². The Morgan fingerprint density at radius 3 is 2.47 bits per heavy atom. The van der Waals surface area contributed by atoms with Crippen molar-refractivity contribution in [2.24, 2.45) is 0 Å². The van der Waals surface area contributed by atoms with Gasteiger partial charge in [0, 0.05) is 24.0 Å². The zero-order chi connectivity index (χ0) is 12.9. The van der Waals surface area contributed by atoms with Crippen LogP contribution in [0.5, 0.6) is 0 Å². The summed E-state index contributed by atoms with van der Waals surface area (Å²) in [6.45, 7) is 1.87. The molecule has 0 amide bonds. The first-order valence-corrected chi connectivity index (χ1v) is 4.67. The molecule has 0 radical (unpaired) electrons. The Morgan fingerprint density at radius 2 is 2.00 bits per heavy atom. The fraction of sp³-hybridized carbons (Fsp3) is 0.300. The minimum Gasteiger partial charge on any atom is -0.463 e. The highest BCUT2D eigenvalue weighted by atomic mass is 19.4. The van der Waals surface area contributed by atoms with E-state index in [-0.39, 0.29) is 12.2 Å². The van der Waals surface area contributed by atoms with Crippen LogP contribution in [0.3, 0.4) is 0 Å². The third-order valence-corrected chi connectivity index (χ3v) is 1.62. The minimum absolute atomic E-state index is 0.229. The van der Waals surface area contributed by atoms with Gasteiger partial charge in [-0.05, 0) is 13.0 Å². The number of carbonyl (C=O) groups excluding carboxylic acids is 1. The van der Waals surface area contributed by atoms with Gasteiger partial charge >= 0.3 is 12.1 Å². The molecule has 0 spiro atoms. The molecule has 0 aromatic carbocycles. The number of hydrogen-bond donors (Lipinski definition) is 0. The second-order valence-electron chi connectivity index (χ2n) is 2.92. The standard InChI is InChI=1S/C10H9F3N2O2/c1-2-17-8(16)4-3-7-5-14-9(15-6-7)10(11,12)13/h3-6H,2H2,1H3. The van der Waals surface area contributed by atoms with Crippen LogP contribution in [0.15, 0.2) is 18.5 Å². The first kappa shape index (κ1) is 13.1.